The van der Waals surface area contributed by atoms with Crippen LogP contribution in [0.15, 0.2) is 0 Å². The molecule has 0 amide bonds. The zero-order chi connectivity index (χ0) is 23.0. The SMILES string of the molecule is CC1C2C3C4CC4[C@@]4(CC(C(=O)O)C(=O)O4)[C@@]3(C)CCC2[C@@]2(C)CCC(O)CC2(O)C1C. The van der Waals surface area contributed by atoms with Crippen molar-refractivity contribution in [3.63, 3.8) is 0 Å². The number of aliphatic carboxylic acids is 1. The lowest BCUT2D eigenvalue weighted by molar-refractivity contribution is -0.269. The quantitative estimate of drug-likeness (QED) is 0.422. The first kappa shape index (κ1) is 21.4. The van der Waals surface area contributed by atoms with Gasteiger partial charge >= 0.3 is 11.9 Å². The van der Waals surface area contributed by atoms with E-state index in [0.29, 0.717) is 42.4 Å². The standard InChI is InChI=1S/C26H38O6/c1-12-13(2)25(31)10-14(27)5-7-23(25,3)17-6-8-24(4)20(19(12)17)15-9-18(15)26(24)11-16(21(28)29)22(30)32-26/h12-20,27,31H,5-11H2,1-4H3,(H,28,29)/t12?,13?,14?,15?,16?,17?,18?,19?,20?,23-,24+,25?,26+/m1/s1. The Balaban J connectivity index is 1.42. The van der Waals surface area contributed by atoms with E-state index in [1.165, 1.54) is 0 Å². The molecule has 13 atom stereocenters. The van der Waals surface area contributed by atoms with E-state index in [1.54, 1.807) is 0 Å². The molecular weight excluding hydrogens is 408 g/mol. The third kappa shape index (κ3) is 2.16. The Morgan fingerprint density at radius 2 is 1.75 bits per heavy atom. The Hall–Kier alpha value is -1.14. The number of fused-ring (bicyclic) bond motifs is 9. The maximum Gasteiger partial charge on any atom is 0.321 e. The molecule has 6 nitrogen and oxygen atoms in total. The van der Waals surface area contributed by atoms with Gasteiger partial charge in [-0.3, -0.25) is 9.59 Å². The minimum Gasteiger partial charge on any atom is -0.481 e. The fourth-order valence-corrected chi connectivity index (χ4v) is 10.6. The molecule has 32 heavy (non-hydrogen) atoms. The first-order chi connectivity index (χ1) is 14.9. The van der Waals surface area contributed by atoms with Crippen molar-refractivity contribution in [2.45, 2.75) is 89.9 Å². The Morgan fingerprint density at radius 1 is 1.06 bits per heavy atom. The van der Waals surface area contributed by atoms with Gasteiger partial charge in [-0.15, -0.1) is 0 Å². The average molecular weight is 447 g/mol. The number of carbonyl (C=O) groups excluding carboxylic acids is 1. The lowest BCUT2D eigenvalue weighted by atomic mass is 9.38. The third-order valence-corrected chi connectivity index (χ3v) is 12.3. The summed E-state index contributed by atoms with van der Waals surface area (Å²) in [5.74, 6) is -0.251. The first-order valence-corrected chi connectivity index (χ1v) is 12.8. The van der Waals surface area contributed by atoms with E-state index >= 15 is 0 Å². The Kier molecular flexibility index (Phi) is 4.08. The summed E-state index contributed by atoms with van der Waals surface area (Å²) >= 11 is 0. The van der Waals surface area contributed by atoms with Crippen LogP contribution in [0, 0.1) is 58.2 Å². The summed E-state index contributed by atoms with van der Waals surface area (Å²) < 4.78 is 6.12. The lowest BCUT2D eigenvalue weighted by Crippen LogP contribution is -2.69. The minimum atomic E-state index is -1.05. The van der Waals surface area contributed by atoms with Crippen molar-refractivity contribution in [1.29, 1.82) is 0 Å². The van der Waals surface area contributed by atoms with E-state index in [4.69, 9.17) is 4.74 Å². The highest BCUT2D eigenvalue weighted by atomic mass is 16.6. The summed E-state index contributed by atoms with van der Waals surface area (Å²) in [6, 6.07) is 0. The van der Waals surface area contributed by atoms with Gasteiger partial charge in [-0.1, -0.05) is 27.7 Å². The van der Waals surface area contributed by atoms with Gasteiger partial charge in [0.2, 0.25) is 0 Å². The highest BCUT2D eigenvalue weighted by Crippen LogP contribution is 2.80. The number of hydrogen-bond acceptors (Lipinski definition) is 5. The van der Waals surface area contributed by atoms with Crippen molar-refractivity contribution >= 4 is 11.9 Å². The molecule has 5 saturated carbocycles. The zero-order valence-corrected chi connectivity index (χ0v) is 19.7. The molecule has 1 aliphatic heterocycles. The normalized spacial score (nSPS) is 62.6. The fourth-order valence-electron chi connectivity index (χ4n) is 10.6. The highest BCUT2D eigenvalue weighted by molar-refractivity contribution is 5.96. The van der Waals surface area contributed by atoms with Crippen LogP contribution in [0.1, 0.15) is 72.6 Å². The molecule has 10 unspecified atom stereocenters. The Bertz CT molecular complexity index is 888. The van der Waals surface area contributed by atoms with Gasteiger partial charge in [0, 0.05) is 24.2 Å². The molecular formula is C26H38O6. The number of aliphatic hydroxyl groups excluding tert-OH is 1. The van der Waals surface area contributed by atoms with Crippen molar-refractivity contribution in [3.8, 4) is 0 Å². The fraction of sp³-hybridized carbons (Fsp3) is 0.923. The smallest absolute Gasteiger partial charge is 0.321 e. The summed E-state index contributed by atoms with van der Waals surface area (Å²) in [6.45, 7) is 9.01. The Morgan fingerprint density at radius 3 is 2.41 bits per heavy atom. The number of carboxylic acids is 1. The molecule has 6 rings (SSSR count). The van der Waals surface area contributed by atoms with E-state index in [2.05, 4.69) is 27.7 Å². The van der Waals surface area contributed by atoms with Crippen LogP contribution in [-0.2, 0) is 14.3 Å². The van der Waals surface area contributed by atoms with Gasteiger partial charge in [-0.05, 0) is 73.0 Å². The van der Waals surface area contributed by atoms with Gasteiger partial charge < -0.3 is 20.1 Å². The molecule has 3 N–H and O–H groups in total. The largest absolute Gasteiger partial charge is 0.481 e. The predicted octanol–water partition coefficient (Wildman–Crippen LogP) is 3.24. The van der Waals surface area contributed by atoms with Crippen LogP contribution in [0.5, 0.6) is 0 Å². The second-order valence-corrected chi connectivity index (χ2v) is 13.0. The molecule has 5 aliphatic carbocycles. The van der Waals surface area contributed by atoms with Gasteiger partial charge in [0.25, 0.3) is 0 Å². The Labute approximate surface area is 190 Å². The molecule has 0 aromatic heterocycles. The topological polar surface area (TPSA) is 104 Å². The monoisotopic (exact) mass is 446 g/mol. The van der Waals surface area contributed by atoms with Gasteiger partial charge in [0.05, 0.1) is 11.7 Å². The van der Waals surface area contributed by atoms with Crippen LogP contribution in [-0.4, -0.2) is 44.6 Å². The number of rotatable bonds is 1. The number of aliphatic hydroxyl groups is 2. The van der Waals surface area contributed by atoms with Crippen LogP contribution in [0.4, 0.5) is 0 Å². The van der Waals surface area contributed by atoms with Gasteiger partial charge in [-0.25, -0.2) is 0 Å². The molecule has 0 radical (unpaired) electrons. The zero-order valence-electron chi connectivity index (χ0n) is 19.7. The molecule has 1 heterocycles. The third-order valence-electron chi connectivity index (χ3n) is 12.3. The van der Waals surface area contributed by atoms with E-state index in [9.17, 15) is 24.9 Å². The van der Waals surface area contributed by atoms with Crippen molar-refractivity contribution in [1.82, 2.24) is 0 Å². The number of ether oxygens (including phenoxy) is 1. The molecule has 6 fully saturated rings. The number of hydrogen-bond donors (Lipinski definition) is 3. The van der Waals surface area contributed by atoms with Crippen LogP contribution < -0.4 is 0 Å². The van der Waals surface area contributed by atoms with E-state index in [-0.39, 0.29) is 22.7 Å². The molecule has 6 heteroatoms. The second-order valence-electron chi connectivity index (χ2n) is 13.0. The molecule has 0 aromatic rings. The number of esters is 1. The van der Waals surface area contributed by atoms with Crippen LogP contribution >= 0.6 is 0 Å². The van der Waals surface area contributed by atoms with E-state index < -0.39 is 35.2 Å². The summed E-state index contributed by atoms with van der Waals surface area (Å²) in [4.78, 5) is 24.4. The van der Waals surface area contributed by atoms with Gasteiger partial charge in [0.15, 0.2) is 5.92 Å². The molecule has 1 spiro atoms. The maximum atomic E-state index is 12.6. The summed E-state index contributed by atoms with van der Waals surface area (Å²) in [5, 5.41) is 32.1. The molecule has 178 valence electrons. The number of carbonyl (C=O) groups is 2. The van der Waals surface area contributed by atoms with Gasteiger partial charge in [0.1, 0.15) is 5.60 Å². The van der Waals surface area contributed by atoms with Crippen molar-refractivity contribution in [2.24, 2.45) is 58.2 Å². The maximum absolute atomic E-state index is 12.6. The molecule has 0 aromatic carbocycles. The molecule has 1 saturated heterocycles. The summed E-state index contributed by atoms with van der Waals surface area (Å²) in [6.07, 6.45) is 4.88. The van der Waals surface area contributed by atoms with Crippen LogP contribution in [0.3, 0.4) is 0 Å². The summed E-state index contributed by atoms with van der Waals surface area (Å²) in [7, 11) is 0. The second kappa shape index (κ2) is 6.10. The minimum absolute atomic E-state index is 0.0812. The van der Waals surface area contributed by atoms with Crippen molar-refractivity contribution in [3.05, 3.63) is 0 Å². The van der Waals surface area contributed by atoms with E-state index in [1.807, 2.05) is 0 Å². The predicted molar refractivity (Wildman–Crippen MR) is 115 cm³/mol. The molecule has 6 aliphatic rings. The van der Waals surface area contributed by atoms with Crippen molar-refractivity contribution < 1.29 is 29.6 Å². The average Bonchev–Trinajstić information content (AvgIpc) is 3.38. The number of carboxylic acid groups (broad SMARTS) is 1. The lowest BCUT2D eigenvalue weighted by Gasteiger charge is -2.68. The van der Waals surface area contributed by atoms with Crippen molar-refractivity contribution in [2.75, 3.05) is 0 Å². The van der Waals surface area contributed by atoms with Crippen LogP contribution in [0.25, 0.3) is 0 Å². The first-order valence-electron chi connectivity index (χ1n) is 12.8. The van der Waals surface area contributed by atoms with Gasteiger partial charge in [-0.2, -0.15) is 0 Å². The highest BCUT2D eigenvalue weighted by Gasteiger charge is 2.82. The van der Waals surface area contributed by atoms with Crippen LogP contribution in [0.2, 0.25) is 0 Å². The van der Waals surface area contributed by atoms with E-state index in [0.717, 1.165) is 32.1 Å². The molecule has 0 bridgehead atoms. The summed E-state index contributed by atoms with van der Waals surface area (Å²) in [5.41, 5.74) is -1.91.